The third-order valence-corrected chi connectivity index (χ3v) is 6.30. The van der Waals surface area contributed by atoms with E-state index in [1.165, 1.54) is 4.88 Å². The zero-order chi connectivity index (χ0) is 17.2. The van der Waals surface area contributed by atoms with E-state index >= 15 is 0 Å². The van der Waals surface area contributed by atoms with Crippen LogP contribution in [0.1, 0.15) is 25.1 Å². The molecule has 2 aliphatic heterocycles. The first-order valence-electron chi connectivity index (χ1n) is 8.94. The van der Waals surface area contributed by atoms with Crippen LogP contribution >= 0.6 is 11.3 Å². The molecule has 1 atom stereocenters. The van der Waals surface area contributed by atoms with Crippen LogP contribution in [0, 0.1) is 5.41 Å². The summed E-state index contributed by atoms with van der Waals surface area (Å²) in [7, 11) is 0. The molecule has 0 radical (unpaired) electrons. The molecule has 134 valence electrons. The molecule has 0 bridgehead atoms. The van der Waals surface area contributed by atoms with Gasteiger partial charge in [0.2, 0.25) is 5.91 Å². The fourth-order valence-electron chi connectivity index (χ4n) is 3.69. The number of likely N-dealkylation sites (tertiary alicyclic amines) is 1. The lowest BCUT2D eigenvalue weighted by atomic mass is 9.80. The Morgan fingerprint density at radius 2 is 2.00 bits per heavy atom. The van der Waals surface area contributed by atoms with Gasteiger partial charge in [0, 0.05) is 56.7 Å². The van der Waals surface area contributed by atoms with Gasteiger partial charge in [-0.25, -0.2) is 0 Å². The van der Waals surface area contributed by atoms with Crippen molar-refractivity contribution in [3.8, 4) is 0 Å². The maximum absolute atomic E-state index is 12.6. The number of carbonyl (C=O) groups excluding carboxylic acids is 1. The molecule has 1 amide bonds. The highest BCUT2D eigenvalue weighted by molar-refractivity contribution is 7.09. The Labute approximate surface area is 149 Å². The van der Waals surface area contributed by atoms with Gasteiger partial charge >= 0.3 is 0 Å². The fourth-order valence-corrected chi connectivity index (χ4v) is 4.44. The van der Waals surface area contributed by atoms with Gasteiger partial charge in [-0.3, -0.25) is 14.6 Å². The van der Waals surface area contributed by atoms with E-state index in [4.69, 9.17) is 5.73 Å². The van der Waals surface area contributed by atoms with Crippen molar-refractivity contribution in [2.75, 3.05) is 45.8 Å². The Bertz CT molecular complexity index is 537. The number of hydrogen-bond donors (Lipinski definition) is 1. The van der Waals surface area contributed by atoms with E-state index in [0.29, 0.717) is 6.54 Å². The summed E-state index contributed by atoms with van der Waals surface area (Å²) in [4.78, 5) is 20.8. The maximum Gasteiger partial charge on any atom is 0.236 e. The summed E-state index contributed by atoms with van der Waals surface area (Å²) in [6.45, 7) is 11.5. The van der Waals surface area contributed by atoms with Crippen molar-refractivity contribution >= 4 is 17.2 Å². The summed E-state index contributed by atoms with van der Waals surface area (Å²) in [5.74, 6) is 0.275. The second-order valence-corrected chi connectivity index (χ2v) is 8.86. The summed E-state index contributed by atoms with van der Waals surface area (Å²) >= 11 is 1.81. The third-order valence-electron chi connectivity index (χ3n) is 5.43. The second-order valence-electron chi connectivity index (χ2n) is 7.83. The predicted octanol–water partition coefficient (Wildman–Crippen LogP) is 1.45. The molecule has 1 aromatic rings. The van der Waals surface area contributed by atoms with Crippen molar-refractivity contribution in [2.24, 2.45) is 11.1 Å². The molecule has 3 rings (SSSR count). The molecule has 24 heavy (non-hydrogen) atoms. The monoisotopic (exact) mass is 350 g/mol. The summed E-state index contributed by atoms with van der Waals surface area (Å²) in [5.41, 5.74) is 6.29. The maximum atomic E-state index is 12.6. The van der Waals surface area contributed by atoms with Crippen LogP contribution in [0.2, 0.25) is 0 Å². The molecular formula is C18H30N4OS. The molecule has 6 heteroatoms. The molecule has 0 spiro atoms. The van der Waals surface area contributed by atoms with Gasteiger partial charge in [-0.2, -0.15) is 0 Å². The van der Waals surface area contributed by atoms with E-state index < -0.39 is 0 Å². The molecule has 2 fully saturated rings. The van der Waals surface area contributed by atoms with Crippen LogP contribution in [0.4, 0.5) is 0 Å². The predicted molar refractivity (Wildman–Crippen MR) is 99.0 cm³/mol. The van der Waals surface area contributed by atoms with Crippen LogP contribution in [-0.2, 0) is 11.3 Å². The van der Waals surface area contributed by atoms with Crippen LogP contribution in [0.5, 0.6) is 0 Å². The molecule has 1 aromatic heterocycles. The van der Waals surface area contributed by atoms with E-state index in [0.717, 1.165) is 52.2 Å². The van der Waals surface area contributed by atoms with E-state index in [1.54, 1.807) is 0 Å². The van der Waals surface area contributed by atoms with Crippen LogP contribution in [-0.4, -0.2) is 72.5 Å². The Kier molecular flexibility index (Phi) is 5.59. The summed E-state index contributed by atoms with van der Waals surface area (Å²) in [6, 6.07) is 4.53. The lowest BCUT2D eigenvalue weighted by molar-refractivity contribution is -0.135. The quantitative estimate of drug-likeness (QED) is 0.893. The van der Waals surface area contributed by atoms with Gasteiger partial charge in [-0.05, 0) is 23.3 Å². The minimum absolute atomic E-state index is 0.0952. The van der Waals surface area contributed by atoms with Crippen LogP contribution in [0.15, 0.2) is 17.5 Å². The van der Waals surface area contributed by atoms with Crippen LogP contribution in [0.3, 0.4) is 0 Å². The average molecular weight is 351 g/mol. The Morgan fingerprint density at radius 1 is 1.25 bits per heavy atom. The Hall–Kier alpha value is -0.950. The zero-order valence-electron chi connectivity index (χ0n) is 14.9. The summed E-state index contributed by atoms with van der Waals surface area (Å²) in [6.07, 6.45) is 0.981. The van der Waals surface area contributed by atoms with Crippen LogP contribution in [0.25, 0.3) is 0 Å². The average Bonchev–Trinajstić information content (AvgIpc) is 3.04. The number of hydrogen-bond acceptors (Lipinski definition) is 5. The van der Waals surface area contributed by atoms with Crippen molar-refractivity contribution in [3.05, 3.63) is 22.4 Å². The first-order valence-corrected chi connectivity index (χ1v) is 9.82. The molecule has 0 aromatic carbocycles. The van der Waals surface area contributed by atoms with Gasteiger partial charge in [0.1, 0.15) is 0 Å². The zero-order valence-corrected chi connectivity index (χ0v) is 15.7. The van der Waals surface area contributed by atoms with E-state index in [1.807, 2.05) is 16.2 Å². The van der Waals surface area contributed by atoms with Gasteiger partial charge in [0.25, 0.3) is 0 Å². The number of piperazine rings is 1. The fraction of sp³-hybridized carbons (Fsp3) is 0.722. The standard InChI is InChI=1S/C18H30N4OS/c1-18(2)14-21(6-5-16(18)19)13-17(23)22-9-7-20(8-10-22)12-15-4-3-11-24-15/h3-4,11,16H,5-10,12-14,19H2,1-2H3. The van der Waals surface area contributed by atoms with Crippen molar-refractivity contribution in [2.45, 2.75) is 32.9 Å². The summed E-state index contributed by atoms with van der Waals surface area (Å²) in [5, 5.41) is 2.13. The molecule has 3 heterocycles. The lowest BCUT2D eigenvalue weighted by Crippen LogP contribution is -2.56. The van der Waals surface area contributed by atoms with E-state index in [-0.39, 0.29) is 17.4 Å². The molecule has 2 saturated heterocycles. The number of amides is 1. The highest BCUT2D eigenvalue weighted by Crippen LogP contribution is 2.27. The normalized spacial score (nSPS) is 25.8. The second kappa shape index (κ2) is 7.52. The number of nitrogens with zero attached hydrogens (tertiary/aromatic N) is 3. The van der Waals surface area contributed by atoms with Gasteiger partial charge in [0.05, 0.1) is 6.54 Å². The molecule has 5 nitrogen and oxygen atoms in total. The van der Waals surface area contributed by atoms with E-state index in [9.17, 15) is 4.79 Å². The van der Waals surface area contributed by atoms with Gasteiger partial charge in [-0.15, -0.1) is 11.3 Å². The van der Waals surface area contributed by atoms with Gasteiger partial charge in [0.15, 0.2) is 0 Å². The number of carbonyl (C=O) groups is 1. The minimum atomic E-state index is 0.0952. The first kappa shape index (κ1) is 17.9. The number of nitrogens with two attached hydrogens (primary N) is 1. The van der Waals surface area contributed by atoms with Crippen molar-refractivity contribution < 1.29 is 4.79 Å². The minimum Gasteiger partial charge on any atom is -0.339 e. The van der Waals surface area contributed by atoms with Crippen molar-refractivity contribution in [1.82, 2.24) is 14.7 Å². The Morgan fingerprint density at radius 3 is 2.62 bits per heavy atom. The molecule has 1 unspecified atom stereocenters. The molecule has 2 N–H and O–H groups in total. The topological polar surface area (TPSA) is 52.8 Å². The highest BCUT2D eigenvalue weighted by Gasteiger charge is 2.34. The number of piperidine rings is 1. The third kappa shape index (κ3) is 4.36. The smallest absolute Gasteiger partial charge is 0.236 e. The van der Waals surface area contributed by atoms with Crippen molar-refractivity contribution in [1.29, 1.82) is 0 Å². The molecule has 0 saturated carbocycles. The first-order chi connectivity index (χ1) is 11.4. The van der Waals surface area contributed by atoms with E-state index in [2.05, 4.69) is 41.2 Å². The highest BCUT2D eigenvalue weighted by atomic mass is 32.1. The Balaban J connectivity index is 1.44. The van der Waals surface area contributed by atoms with Gasteiger partial charge < -0.3 is 10.6 Å². The molecule has 2 aliphatic rings. The van der Waals surface area contributed by atoms with Gasteiger partial charge in [-0.1, -0.05) is 19.9 Å². The number of thiophene rings is 1. The number of rotatable bonds is 4. The SMILES string of the molecule is CC1(C)CN(CC(=O)N2CCN(Cc3cccs3)CC2)CCC1N. The summed E-state index contributed by atoms with van der Waals surface area (Å²) < 4.78 is 0. The molecular weight excluding hydrogens is 320 g/mol. The lowest BCUT2D eigenvalue weighted by Gasteiger charge is -2.43. The van der Waals surface area contributed by atoms with Crippen molar-refractivity contribution in [3.63, 3.8) is 0 Å². The largest absolute Gasteiger partial charge is 0.339 e. The van der Waals surface area contributed by atoms with Crippen LogP contribution < -0.4 is 5.73 Å². The molecule has 0 aliphatic carbocycles.